The fourth-order valence-electron chi connectivity index (χ4n) is 2.19. The van der Waals surface area contributed by atoms with Crippen molar-refractivity contribution in [3.05, 3.63) is 47.5 Å². The fraction of sp³-hybridized carbons (Fsp3) is 0.133. The number of benzene rings is 2. The van der Waals surface area contributed by atoms with Gasteiger partial charge in [-0.2, -0.15) is 0 Å². The number of anilines is 1. The molecule has 23 heavy (non-hydrogen) atoms. The normalized spacial score (nSPS) is 12.9. The van der Waals surface area contributed by atoms with Crippen molar-refractivity contribution in [1.82, 2.24) is 0 Å². The molecule has 0 spiro atoms. The number of fused-ring (bicyclic) bond motifs is 1. The minimum Gasteiger partial charge on any atom is -0.477 e. The first kappa shape index (κ1) is 15.2. The average molecular weight is 335 g/mol. The summed E-state index contributed by atoms with van der Waals surface area (Å²) in [4.78, 5) is 11.5. The summed E-state index contributed by atoms with van der Waals surface area (Å²) < 4.78 is 37.4. The summed E-state index contributed by atoms with van der Waals surface area (Å²) in [7, 11) is -3.91. The van der Waals surface area contributed by atoms with E-state index in [-0.39, 0.29) is 34.4 Å². The first-order chi connectivity index (χ1) is 10.9. The van der Waals surface area contributed by atoms with Gasteiger partial charge in [-0.25, -0.2) is 13.2 Å². The summed E-state index contributed by atoms with van der Waals surface area (Å²) in [6.45, 7) is 1.73. The van der Waals surface area contributed by atoms with Gasteiger partial charge in [-0.05, 0) is 31.2 Å². The van der Waals surface area contributed by atoms with Crippen molar-refractivity contribution < 1.29 is 27.8 Å². The SMILES string of the molecule is Cc1ccc(S(=O)(=O)Nc2ccc3c(c2C(=O)O)OCO3)cc1. The van der Waals surface area contributed by atoms with Crippen LogP contribution in [0.4, 0.5) is 5.69 Å². The van der Waals surface area contributed by atoms with Gasteiger partial charge >= 0.3 is 5.97 Å². The molecule has 2 aromatic rings. The number of sulfonamides is 1. The van der Waals surface area contributed by atoms with E-state index in [1.54, 1.807) is 12.1 Å². The Bertz CT molecular complexity index is 874. The number of nitrogens with one attached hydrogen (secondary N) is 1. The maximum Gasteiger partial charge on any atom is 0.341 e. The molecule has 0 saturated heterocycles. The van der Waals surface area contributed by atoms with Gasteiger partial charge in [0.25, 0.3) is 10.0 Å². The summed E-state index contributed by atoms with van der Waals surface area (Å²) in [6, 6.07) is 9.01. The number of hydrogen-bond acceptors (Lipinski definition) is 5. The predicted octanol–water partition coefficient (Wildman–Crippen LogP) is 2.22. The lowest BCUT2D eigenvalue weighted by molar-refractivity contribution is 0.0693. The van der Waals surface area contributed by atoms with Crippen molar-refractivity contribution in [3.63, 3.8) is 0 Å². The molecule has 3 rings (SSSR count). The molecule has 8 heteroatoms. The third-order valence-corrected chi connectivity index (χ3v) is 4.71. The van der Waals surface area contributed by atoms with Gasteiger partial charge in [0, 0.05) is 0 Å². The smallest absolute Gasteiger partial charge is 0.341 e. The van der Waals surface area contributed by atoms with Gasteiger partial charge in [-0.15, -0.1) is 0 Å². The molecular weight excluding hydrogens is 322 g/mol. The molecule has 1 aliphatic rings. The van der Waals surface area contributed by atoms with Crippen LogP contribution < -0.4 is 14.2 Å². The minimum absolute atomic E-state index is 0.0154. The first-order valence-corrected chi connectivity index (χ1v) is 8.12. The van der Waals surface area contributed by atoms with Crippen LogP contribution in [0, 0.1) is 6.92 Å². The zero-order chi connectivity index (χ0) is 16.6. The number of carboxylic acids is 1. The molecule has 0 amide bonds. The number of carbonyl (C=O) groups is 1. The lowest BCUT2D eigenvalue weighted by Crippen LogP contribution is -2.16. The summed E-state index contributed by atoms with van der Waals surface area (Å²) in [6.07, 6.45) is 0. The Hall–Kier alpha value is -2.74. The molecule has 0 fully saturated rings. The lowest BCUT2D eigenvalue weighted by atomic mass is 10.1. The van der Waals surface area contributed by atoms with Gasteiger partial charge in [0.05, 0.1) is 10.6 Å². The Labute approximate surface area is 132 Å². The van der Waals surface area contributed by atoms with Crippen molar-refractivity contribution >= 4 is 21.7 Å². The Morgan fingerprint density at radius 3 is 2.48 bits per heavy atom. The second kappa shape index (κ2) is 5.47. The lowest BCUT2D eigenvalue weighted by Gasteiger charge is -2.12. The van der Waals surface area contributed by atoms with E-state index in [0.717, 1.165) is 5.56 Å². The van der Waals surface area contributed by atoms with Crippen LogP contribution in [0.3, 0.4) is 0 Å². The summed E-state index contributed by atoms with van der Waals surface area (Å²) in [5.74, 6) is -1.03. The molecular formula is C15H13NO6S. The second-order valence-corrected chi connectivity index (χ2v) is 6.63. The molecule has 0 aromatic heterocycles. The maximum absolute atomic E-state index is 12.4. The van der Waals surface area contributed by atoms with Crippen LogP contribution in [0.5, 0.6) is 11.5 Å². The summed E-state index contributed by atoms with van der Waals surface area (Å²) >= 11 is 0. The standard InChI is InChI=1S/C15H13NO6S/c1-9-2-4-10(5-3-9)23(19,20)16-11-6-7-12-14(22-8-21-12)13(11)15(17)18/h2-7,16H,8H2,1H3,(H,17,18). The van der Waals surface area contributed by atoms with Crippen molar-refractivity contribution in [3.8, 4) is 11.5 Å². The molecule has 0 atom stereocenters. The van der Waals surface area contributed by atoms with Crippen LogP contribution in [0.1, 0.15) is 15.9 Å². The number of carboxylic acid groups (broad SMARTS) is 1. The van der Waals surface area contributed by atoms with Crippen LogP contribution in [-0.4, -0.2) is 26.3 Å². The average Bonchev–Trinajstić information content (AvgIpc) is 2.95. The fourth-order valence-corrected chi connectivity index (χ4v) is 3.26. The predicted molar refractivity (Wildman–Crippen MR) is 81.5 cm³/mol. The van der Waals surface area contributed by atoms with E-state index in [1.165, 1.54) is 24.3 Å². The molecule has 0 saturated carbocycles. The topological polar surface area (TPSA) is 102 Å². The van der Waals surface area contributed by atoms with Crippen molar-refractivity contribution in [2.45, 2.75) is 11.8 Å². The highest BCUT2D eigenvalue weighted by atomic mass is 32.2. The molecule has 0 radical (unpaired) electrons. The van der Waals surface area contributed by atoms with Crippen LogP contribution in [0.25, 0.3) is 0 Å². The number of hydrogen-bond donors (Lipinski definition) is 2. The van der Waals surface area contributed by atoms with E-state index in [9.17, 15) is 18.3 Å². The molecule has 120 valence electrons. The van der Waals surface area contributed by atoms with Crippen molar-refractivity contribution in [1.29, 1.82) is 0 Å². The van der Waals surface area contributed by atoms with E-state index in [0.29, 0.717) is 0 Å². The third kappa shape index (κ3) is 2.80. The van der Waals surface area contributed by atoms with Gasteiger partial charge < -0.3 is 14.6 Å². The third-order valence-electron chi connectivity index (χ3n) is 3.33. The Morgan fingerprint density at radius 2 is 1.83 bits per heavy atom. The molecule has 0 aliphatic carbocycles. The Balaban J connectivity index is 2.03. The van der Waals surface area contributed by atoms with Gasteiger partial charge in [-0.3, -0.25) is 4.72 Å². The van der Waals surface area contributed by atoms with Gasteiger partial charge in [0.1, 0.15) is 5.56 Å². The largest absolute Gasteiger partial charge is 0.477 e. The Morgan fingerprint density at radius 1 is 1.13 bits per heavy atom. The molecule has 1 heterocycles. The molecule has 7 nitrogen and oxygen atoms in total. The van der Waals surface area contributed by atoms with Gasteiger partial charge in [0.2, 0.25) is 6.79 Å². The summed E-state index contributed by atoms with van der Waals surface area (Å²) in [5.41, 5.74) is 0.552. The van der Waals surface area contributed by atoms with E-state index in [2.05, 4.69) is 4.72 Å². The van der Waals surface area contributed by atoms with Gasteiger partial charge in [-0.1, -0.05) is 17.7 Å². The first-order valence-electron chi connectivity index (χ1n) is 6.64. The molecule has 0 unspecified atom stereocenters. The summed E-state index contributed by atoms with van der Waals surface area (Å²) in [5, 5.41) is 9.36. The van der Waals surface area contributed by atoms with Crippen molar-refractivity contribution in [2.75, 3.05) is 11.5 Å². The van der Waals surface area contributed by atoms with Gasteiger partial charge in [0.15, 0.2) is 11.5 Å². The highest BCUT2D eigenvalue weighted by Gasteiger charge is 2.27. The number of ether oxygens (including phenoxy) is 2. The maximum atomic E-state index is 12.4. The number of aromatic carboxylic acids is 1. The zero-order valence-electron chi connectivity index (χ0n) is 12.1. The van der Waals surface area contributed by atoms with Crippen LogP contribution in [0.2, 0.25) is 0 Å². The highest BCUT2D eigenvalue weighted by Crippen LogP contribution is 2.40. The second-order valence-electron chi connectivity index (χ2n) is 4.95. The molecule has 0 bridgehead atoms. The van der Waals surface area contributed by atoms with E-state index in [1.807, 2.05) is 6.92 Å². The number of rotatable bonds is 4. The molecule has 1 aliphatic heterocycles. The highest BCUT2D eigenvalue weighted by molar-refractivity contribution is 7.92. The van der Waals surface area contributed by atoms with Crippen LogP contribution in [-0.2, 0) is 10.0 Å². The van der Waals surface area contributed by atoms with E-state index in [4.69, 9.17) is 9.47 Å². The van der Waals surface area contributed by atoms with Crippen LogP contribution in [0.15, 0.2) is 41.3 Å². The Kier molecular flexibility index (Phi) is 3.61. The van der Waals surface area contributed by atoms with E-state index >= 15 is 0 Å². The molecule has 2 N–H and O–H groups in total. The zero-order valence-corrected chi connectivity index (χ0v) is 12.9. The van der Waals surface area contributed by atoms with Crippen molar-refractivity contribution in [2.24, 2.45) is 0 Å². The quantitative estimate of drug-likeness (QED) is 0.888. The van der Waals surface area contributed by atoms with E-state index < -0.39 is 16.0 Å². The minimum atomic E-state index is -3.91. The number of aryl methyl sites for hydroxylation is 1. The molecule has 2 aromatic carbocycles. The monoisotopic (exact) mass is 335 g/mol. The van der Waals surface area contributed by atoms with Crippen LogP contribution >= 0.6 is 0 Å².